The Kier molecular flexibility index (Phi) is 1.94. The average Bonchev–Trinajstić information content (AvgIpc) is 2.75. The van der Waals surface area contributed by atoms with Crippen LogP contribution in [0.3, 0.4) is 0 Å². The van der Waals surface area contributed by atoms with E-state index in [0.717, 1.165) is 22.1 Å². The van der Waals surface area contributed by atoms with Crippen LogP contribution in [0.1, 0.15) is 24.6 Å². The van der Waals surface area contributed by atoms with E-state index in [1.807, 2.05) is 19.1 Å². The molecule has 12 heavy (non-hydrogen) atoms. The summed E-state index contributed by atoms with van der Waals surface area (Å²) < 4.78 is 0.755. The van der Waals surface area contributed by atoms with Crippen LogP contribution in [-0.2, 0) is 5.60 Å². The zero-order chi connectivity index (χ0) is 8.77. The van der Waals surface area contributed by atoms with Crippen molar-refractivity contribution in [3.05, 3.63) is 21.3 Å². The Morgan fingerprint density at radius 1 is 1.58 bits per heavy atom. The van der Waals surface area contributed by atoms with Gasteiger partial charge in [0.1, 0.15) is 0 Å². The lowest BCUT2D eigenvalue weighted by Crippen LogP contribution is -2.21. The number of hydrogen-bond acceptors (Lipinski definition) is 2. The predicted molar refractivity (Wildman–Crippen MR) is 51.6 cm³/mol. The molecule has 0 spiro atoms. The third-order valence-electron chi connectivity index (χ3n) is 2.44. The number of rotatable bonds is 2. The van der Waals surface area contributed by atoms with Crippen molar-refractivity contribution in [3.63, 3.8) is 0 Å². The maximum absolute atomic E-state index is 10.1. The molecule has 3 heteroatoms. The van der Waals surface area contributed by atoms with Crippen molar-refractivity contribution in [3.8, 4) is 0 Å². The van der Waals surface area contributed by atoms with Gasteiger partial charge in [0.25, 0.3) is 0 Å². The van der Waals surface area contributed by atoms with Crippen molar-refractivity contribution >= 4 is 22.9 Å². The van der Waals surface area contributed by atoms with Gasteiger partial charge < -0.3 is 5.11 Å². The highest BCUT2D eigenvalue weighted by Gasteiger charge is 2.41. The minimum atomic E-state index is -0.641. The first-order chi connectivity index (χ1) is 5.60. The summed E-state index contributed by atoms with van der Waals surface area (Å²) >= 11 is 7.28. The molecule has 1 atom stereocenters. The highest BCUT2D eigenvalue weighted by molar-refractivity contribution is 7.16. The molecule has 0 bridgehead atoms. The van der Waals surface area contributed by atoms with Gasteiger partial charge in [-0.25, -0.2) is 0 Å². The third-order valence-corrected chi connectivity index (χ3v) is 3.90. The van der Waals surface area contributed by atoms with Crippen LogP contribution >= 0.6 is 22.9 Å². The smallest absolute Gasteiger partial charge is 0.0988 e. The van der Waals surface area contributed by atoms with Crippen molar-refractivity contribution in [1.82, 2.24) is 0 Å². The van der Waals surface area contributed by atoms with Gasteiger partial charge in [-0.1, -0.05) is 11.6 Å². The maximum Gasteiger partial charge on any atom is 0.0988 e. The number of aliphatic hydroxyl groups is 1. The molecule has 0 saturated heterocycles. The fourth-order valence-electron chi connectivity index (χ4n) is 1.43. The summed E-state index contributed by atoms with van der Waals surface area (Å²) in [5, 5.41) is 10.1. The number of hydrogen-bond donors (Lipinski definition) is 1. The topological polar surface area (TPSA) is 20.2 Å². The molecule has 1 aromatic heterocycles. The Morgan fingerprint density at radius 2 is 2.25 bits per heavy atom. The lowest BCUT2D eigenvalue weighted by molar-refractivity contribution is 0.0368. The zero-order valence-electron chi connectivity index (χ0n) is 6.88. The molecule has 66 valence electrons. The first-order valence-electron chi connectivity index (χ1n) is 4.09. The van der Waals surface area contributed by atoms with Crippen molar-refractivity contribution in [2.75, 3.05) is 0 Å². The molecule has 1 aromatic rings. The summed E-state index contributed by atoms with van der Waals surface area (Å²) in [5.74, 6) is 0.451. The minimum absolute atomic E-state index is 0.451. The molecule has 0 radical (unpaired) electrons. The molecule has 0 unspecified atom stereocenters. The Bertz CT molecular complexity index is 288. The third kappa shape index (κ3) is 1.39. The molecule has 1 N–H and O–H groups in total. The van der Waals surface area contributed by atoms with E-state index >= 15 is 0 Å². The first kappa shape index (κ1) is 8.54. The highest BCUT2D eigenvalue weighted by Crippen LogP contribution is 2.47. The van der Waals surface area contributed by atoms with Gasteiger partial charge in [-0.2, -0.15) is 0 Å². The van der Waals surface area contributed by atoms with Gasteiger partial charge in [-0.05, 0) is 37.8 Å². The van der Waals surface area contributed by atoms with Crippen molar-refractivity contribution in [2.45, 2.75) is 25.4 Å². The van der Waals surface area contributed by atoms with Gasteiger partial charge in [0.05, 0.1) is 9.94 Å². The van der Waals surface area contributed by atoms with Crippen molar-refractivity contribution in [1.29, 1.82) is 0 Å². The Balaban J connectivity index is 2.27. The molecule has 2 rings (SSSR count). The highest BCUT2D eigenvalue weighted by atomic mass is 35.5. The van der Waals surface area contributed by atoms with E-state index < -0.39 is 5.60 Å². The summed E-state index contributed by atoms with van der Waals surface area (Å²) in [6.45, 7) is 1.88. The SMILES string of the molecule is C[C@@](O)(c1ccc(Cl)s1)C1CC1. The molecule has 1 heterocycles. The Morgan fingerprint density at radius 3 is 2.67 bits per heavy atom. The second-order valence-corrected chi connectivity index (χ2v) is 5.24. The lowest BCUT2D eigenvalue weighted by atomic mass is 9.99. The normalized spacial score (nSPS) is 22.2. The fourth-order valence-corrected chi connectivity index (χ4v) is 2.60. The molecular weight excluding hydrogens is 192 g/mol. The van der Waals surface area contributed by atoms with E-state index in [1.54, 1.807) is 0 Å². The Labute approximate surface area is 81.0 Å². The van der Waals surface area contributed by atoms with Gasteiger partial charge in [0.2, 0.25) is 0 Å². The van der Waals surface area contributed by atoms with Crippen molar-refractivity contribution in [2.24, 2.45) is 5.92 Å². The lowest BCUT2D eigenvalue weighted by Gasteiger charge is -2.20. The summed E-state index contributed by atoms with van der Waals surface area (Å²) in [5.41, 5.74) is -0.641. The molecule has 1 aliphatic carbocycles. The molecule has 1 fully saturated rings. The van der Waals surface area contributed by atoms with Crippen LogP contribution in [0, 0.1) is 5.92 Å². The summed E-state index contributed by atoms with van der Waals surface area (Å²) in [6, 6.07) is 3.77. The van der Waals surface area contributed by atoms with E-state index in [2.05, 4.69) is 0 Å². The maximum atomic E-state index is 10.1. The molecule has 0 aliphatic heterocycles. The second kappa shape index (κ2) is 2.72. The quantitative estimate of drug-likeness (QED) is 0.782. The van der Waals surface area contributed by atoms with Gasteiger partial charge >= 0.3 is 0 Å². The monoisotopic (exact) mass is 202 g/mol. The van der Waals surface area contributed by atoms with Crippen LogP contribution < -0.4 is 0 Å². The van der Waals surface area contributed by atoms with Crippen LogP contribution in [0.25, 0.3) is 0 Å². The standard InChI is InChI=1S/C9H11ClOS/c1-9(11,6-2-3-6)7-4-5-8(10)12-7/h4-6,11H,2-3H2,1H3/t9-/m0/s1. The summed E-state index contributed by atoms with van der Waals surface area (Å²) in [7, 11) is 0. The van der Waals surface area contributed by atoms with E-state index in [0.29, 0.717) is 5.92 Å². The molecule has 1 nitrogen and oxygen atoms in total. The molecular formula is C9H11ClOS. The van der Waals surface area contributed by atoms with Gasteiger partial charge in [0, 0.05) is 4.88 Å². The van der Waals surface area contributed by atoms with Crippen LogP contribution in [0.5, 0.6) is 0 Å². The summed E-state index contributed by atoms with van der Waals surface area (Å²) in [4.78, 5) is 0.995. The average molecular weight is 203 g/mol. The zero-order valence-corrected chi connectivity index (χ0v) is 8.45. The largest absolute Gasteiger partial charge is 0.384 e. The van der Waals surface area contributed by atoms with Gasteiger partial charge in [0.15, 0.2) is 0 Å². The predicted octanol–water partition coefficient (Wildman–Crippen LogP) is 3.02. The van der Waals surface area contributed by atoms with Crippen LogP contribution in [-0.4, -0.2) is 5.11 Å². The van der Waals surface area contributed by atoms with Crippen LogP contribution in [0.15, 0.2) is 12.1 Å². The van der Waals surface area contributed by atoms with E-state index in [1.165, 1.54) is 11.3 Å². The second-order valence-electron chi connectivity index (χ2n) is 3.53. The first-order valence-corrected chi connectivity index (χ1v) is 5.28. The van der Waals surface area contributed by atoms with Crippen LogP contribution in [0.4, 0.5) is 0 Å². The van der Waals surface area contributed by atoms with E-state index in [-0.39, 0.29) is 0 Å². The summed E-state index contributed by atoms with van der Waals surface area (Å²) in [6.07, 6.45) is 2.28. The van der Waals surface area contributed by atoms with E-state index in [4.69, 9.17) is 11.6 Å². The molecule has 0 amide bonds. The fraction of sp³-hybridized carbons (Fsp3) is 0.556. The van der Waals surface area contributed by atoms with Crippen molar-refractivity contribution < 1.29 is 5.11 Å². The number of halogens is 1. The van der Waals surface area contributed by atoms with E-state index in [9.17, 15) is 5.11 Å². The Hall–Kier alpha value is -0.0500. The minimum Gasteiger partial charge on any atom is -0.384 e. The van der Waals surface area contributed by atoms with Gasteiger partial charge in [-0.15, -0.1) is 11.3 Å². The van der Waals surface area contributed by atoms with Gasteiger partial charge in [-0.3, -0.25) is 0 Å². The molecule has 1 saturated carbocycles. The number of thiophene rings is 1. The molecule has 0 aromatic carbocycles. The molecule has 1 aliphatic rings. The van der Waals surface area contributed by atoms with Crippen LogP contribution in [0.2, 0.25) is 4.34 Å².